The summed E-state index contributed by atoms with van der Waals surface area (Å²) in [6, 6.07) is 5.84. The molecule has 1 aromatic carbocycles. The summed E-state index contributed by atoms with van der Waals surface area (Å²) in [5.74, 6) is 1.44. The van der Waals surface area contributed by atoms with Crippen LogP contribution in [0.1, 0.15) is 24.8 Å². The molecule has 7 nitrogen and oxygen atoms in total. The van der Waals surface area contributed by atoms with E-state index in [1.54, 1.807) is 12.0 Å². The molecule has 1 N–H and O–H groups in total. The van der Waals surface area contributed by atoms with Crippen molar-refractivity contribution in [3.05, 3.63) is 23.8 Å². The van der Waals surface area contributed by atoms with Gasteiger partial charge in [-0.2, -0.15) is 0 Å². The number of nitrogens with zero attached hydrogens (tertiary/aromatic N) is 3. The lowest BCUT2D eigenvalue weighted by molar-refractivity contribution is -0.134. The van der Waals surface area contributed by atoms with E-state index in [1.807, 2.05) is 25.2 Å². The first-order valence-electron chi connectivity index (χ1n) is 10.2. The highest BCUT2D eigenvalue weighted by Crippen LogP contribution is 2.29. The lowest BCUT2D eigenvalue weighted by Gasteiger charge is -2.32. The molecule has 156 valence electrons. The Labute approximate surface area is 167 Å². The number of piperidine rings is 1. The molecule has 2 heterocycles. The van der Waals surface area contributed by atoms with Crippen LogP contribution in [0, 0.1) is 0 Å². The fraction of sp³-hybridized carbons (Fsp3) is 0.667. The fourth-order valence-corrected chi connectivity index (χ4v) is 3.81. The number of benzene rings is 1. The van der Waals surface area contributed by atoms with Crippen molar-refractivity contribution < 1.29 is 19.4 Å². The number of hydrogen-bond acceptors (Lipinski definition) is 6. The quantitative estimate of drug-likeness (QED) is 0.718. The van der Waals surface area contributed by atoms with Crippen molar-refractivity contribution in [3.8, 4) is 11.5 Å². The van der Waals surface area contributed by atoms with Crippen molar-refractivity contribution in [3.63, 3.8) is 0 Å². The highest BCUT2D eigenvalue weighted by atomic mass is 16.5. The van der Waals surface area contributed by atoms with Crippen LogP contribution in [0.25, 0.3) is 0 Å². The molecular formula is C21H33N3O4. The smallest absolute Gasteiger partial charge is 0.236 e. The normalized spacial score (nSPS) is 20.2. The Morgan fingerprint density at radius 2 is 1.86 bits per heavy atom. The Balaban J connectivity index is 1.55. The number of carbonyl (C=O) groups excluding carboxylic acids is 1. The van der Waals surface area contributed by atoms with Gasteiger partial charge in [-0.3, -0.25) is 9.69 Å². The molecule has 0 spiro atoms. The van der Waals surface area contributed by atoms with Gasteiger partial charge >= 0.3 is 0 Å². The number of rotatable bonds is 8. The SMILES string of the molecule is COc1ccc(CN2CCN(C)C(=O)C2)cc1OC[C@@H](O)CN1CCCCC1. The van der Waals surface area contributed by atoms with E-state index in [0.717, 1.165) is 31.7 Å². The summed E-state index contributed by atoms with van der Waals surface area (Å²) >= 11 is 0. The molecule has 28 heavy (non-hydrogen) atoms. The van der Waals surface area contributed by atoms with Gasteiger partial charge in [-0.1, -0.05) is 12.5 Å². The van der Waals surface area contributed by atoms with Gasteiger partial charge in [-0.25, -0.2) is 0 Å². The first-order valence-corrected chi connectivity index (χ1v) is 10.2. The molecule has 2 saturated heterocycles. The minimum absolute atomic E-state index is 0.150. The van der Waals surface area contributed by atoms with Crippen LogP contribution in [0.5, 0.6) is 11.5 Å². The van der Waals surface area contributed by atoms with Gasteiger partial charge in [0.15, 0.2) is 11.5 Å². The molecule has 1 aromatic rings. The minimum atomic E-state index is -0.526. The summed E-state index contributed by atoms with van der Waals surface area (Å²) in [5, 5.41) is 10.4. The van der Waals surface area contributed by atoms with Crippen molar-refractivity contribution in [2.24, 2.45) is 0 Å². The molecule has 0 aromatic heterocycles. The van der Waals surface area contributed by atoms with Gasteiger partial charge in [0.2, 0.25) is 5.91 Å². The van der Waals surface area contributed by atoms with Crippen LogP contribution in [-0.2, 0) is 11.3 Å². The number of methoxy groups -OCH3 is 1. The zero-order chi connectivity index (χ0) is 19.9. The second-order valence-electron chi connectivity index (χ2n) is 7.84. The zero-order valence-corrected chi connectivity index (χ0v) is 17.1. The average molecular weight is 392 g/mol. The zero-order valence-electron chi connectivity index (χ0n) is 17.1. The van der Waals surface area contributed by atoms with Gasteiger partial charge in [0.05, 0.1) is 13.7 Å². The number of amides is 1. The molecular weight excluding hydrogens is 358 g/mol. The van der Waals surface area contributed by atoms with Crippen molar-refractivity contribution in [1.82, 2.24) is 14.7 Å². The first kappa shape index (κ1) is 20.9. The lowest BCUT2D eigenvalue weighted by Crippen LogP contribution is -2.47. The number of aliphatic hydroxyl groups excluding tert-OH is 1. The molecule has 0 aliphatic carbocycles. The van der Waals surface area contributed by atoms with Crippen LogP contribution in [-0.4, -0.2) is 91.9 Å². The summed E-state index contributed by atoms with van der Waals surface area (Å²) < 4.78 is 11.3. The number of carbonyl (C=O) groups is 1. The Kier molecular flexibility index (Phi) is 7.53. The van der Waals surface area contributed by atoms with Crippen LogP contribution in [0.15, 0.2) is 18.2 Å². The molecule has 0 unspecified atom stereocenters. The Hall–Kier alpha value is -1.83. The molecule has 1 atom stereocenters. The number of likely N-dealkylation sites (N-methyl/N-ethyl adjacent to an activating group) is 1. The van der Waals surface area contributed by atoms with E-state index in [9.17, 15) is 9.90 Å². The third-order valence-electron chi connectivity index (χ3n) is 5.52. The Morgan fingerprint density at radius 3 is 2.57 bits per heavy atom. The van der Waals surface area contributed by atoms with Crippen LogP contribution in [0.3, 0.4) is 0 Å². The van der Waals surface area contributed by atoms with E-state index >= 15 is 0 Å². The number of aliphatic hydroxyl groups is 1. The second-order valence-corrected chi connectivity index (χ2v) is 7.84. The van der Waals surface area contributed by atoms with E-state index in [1.165, 1.54) is 19.3 Å². The number of ether oxygens (including phenoxy) is 2. The molecule has 2 fully saturated rings. The van der Waals surface area contributed by atoms with E-state index in [-0.39, 0.29) is 12.5 Å². The predicted molar refractivity (Wildman–Crippen MR) is 108 cm³/mol. The summed E-state index contributed by atoms with van der Waals surface area (Å²) in [7, 11) is 3.46. The Morgan fingerprint density at radius 1 is 1.07 bits per heavy atom. The average Bonchev–Trinajstić information content (AvgIpc) is 2.70. The molecule has 3 rings (SSSR count). The van der Waals surface area contributed by atoms with Crippen LogP contribution in [0.4, 0.5) is 0 Å². The lowest BCUT2D eigenvalue weighted by atomic mass is 10.1. The number of hydrogen-bond donors (Lipinski definition) is 1. The van der Waals surface area contributed by atoms with Crippen LogP contribution in [0.2, 0.25) is 0 Å². The monoisotopic (exact) mass is 391 g/mol. The van der Waals surface area contributed by atoms with E-state index in [4.69, 9.17) is 9.47 Å². The third kappa shape index (κ3) is 5.83. The maximum atomic E-state index is 11.9. The minimum Gasteiger partial charge on any atom is -0.493 e. The third-order valence-corrected chi connectivity index (χ3v) is 5.52. The van der Waals surface area contributed by atoms with Gasteiger partial charge in [0, 0.05) is 33.2 Å². The maximum Gasteiger partial charge on any atom is 0.236 e. The number of likely N-dealkylation sites (tertiary alicyclic amines) is 1. The van der Waals surface area contributed by atoms with E-state index in [0.29, 0.717) is 31.1 Å². The van der Waals surface area contributed by atoms with Crippen molar-refractivity contribution >= 4 is 5.91 Å². The first-order chi connectivity index (χ1) is 13.5. The molecule has 2 aliphatic rings. The van der Waals surface area contributed by atoms with Crippen molar-refractivity contribution in [1.29, 1.82) is 0 Å². The highest BCUT2D eigenvalue weighted by Gasteiger charge is 2.21. The molecule has 1 amide bonds. The summed E-state index contributed by atoms with van der Waals surface area (Å²) in [6.45, 7) is 5.73. The summed E-state index contributed by atoms with van der Waals surface area (Å²) in [5.41, 5.74) is 1.07. The largest absolute Gasteiger partial charge is 0.493 e. The maximum absolute atomic E-state index is 11.9. The highest BCUT2D eigenvalue weighted by molar-refractivity contribution is 5.78. The summed E-state index contributed by atoms with van der Waals surface area (Å²) in [4.78, 5) is 18.1. The van der Waals surface area contributed by atoms with Crippen molar-refractivity contribution in [2.75, 3.05) is 60.0 Å². The Bertz CT molecular complexity index is 649. The van der Waals surface area contributed by atoms with E-state index in [2.05, 4.69) is 9.80 Å². The van der Waals surface area contributed by atoms with E-state index < -0.39 is 6.10 Å². The number of piperazine rings is 1. The topological polar surface area (TPSA) is 65.5 Å². The van der Waals surface area contributed by atoms with Gasteiger partial charge in [0.1, 0.15) is 12.7 Å². The second kappa shape index (κ2) is 10.1. The number of β-amino-alcohol motifs (C(OH)–C–C–N with tert-alkyl or cyclic N) is 1. The van der Waals surface area contributed by atoms with Crippen LogP contribution >= 0.6 is 0 Å². The standard InChI is InChI=1S/C21H33N3O4/c1-22-10-11-24(15-21(22)26)13-17-6-7-19(27-2)20(12-17)28-16-18(25)14-23-8-4-3-5-9-23/h6-7,12,18,25H,3-5,8-11,13-16H2,1-2H3/t18-/m0/s1. The predicted octanol–water partition coefficient (Wildman–Crippen LogP) is 1.19. The molecule has 0 saturated carbocycles. The molecule has 0 radical (unpaired) electrons. The summed E-state index contributed by atoms with van der Waals surface area (Å²) in [6.07, 6.45) is 3.17. The molecule has 0 bridgehead atoms. The molecule has 7 heteroatoms. The van der Waals surface area contributed by atoms with Gasteiger partial charge in [0.25, 0.3) is 0 Å². The van der Waals surface area contributed by atoms with Crippen molar-refractivity contribution in [2.45, 2.75) is 31.9 Å². The van der Waals surface area contributed by atoms with Crippen LogP contribution < -0.4 is 9.47 Å². The molecule has 2 aliphatic heterocycles. The van der Waals surface area contributed by atoms with Gasteiger partial charge in [-0.15, -0.1) is 0 Å². The fourth-order valence-electron chi connectivity index (χ4n) is 3.81. The van der Waals surface area contributed by atoms with Gasteiger partial charge in [-0.05, 0) is 43.6 Å². The van der Waals surface area contributed by atoms with Gasteiger partial charge < -0.3 is 24.4 Å².